The van der Waals surface area contributed by atoms with E-state index in [1.165, 1.54) is 6.07 Å². The number of para-hydroxylation sites is 2. The van der Waals surface area contributed by atoms with Crippen LogP contribution in [0, 0.1) is 0 Å². The Bertz CT molecular complexity index is 818. The normalized spacial score (nSPS) is 16.2. The molecule has 2 aromatic rings. The fraction of sp³-hybridized carbons (Fsp3) is 0.294. The second-order valence-corrected chi connectivity index (χ2v) is 7.90. The molecule has 3 rings (SSSR count). The van der Waals surface area contributed by atoms with Gasteiger partial charge >= 0.3 is 0 Å². The molecule has 1 aliphatic rings. The molecular formula is C17H20ClN3O2S. The van der Waals surface area contributed by atoms with Gasteiger partial charge in [0.2, 0.25) is 0 Å². The maximum atomic E-state index is 12.7. The molecule has 128 valence electrons. The molecule has 1 aliphatic heterocycles. The van der Waals surface area contributed by atoms with Crippen molar-refractivity contribution in [3.63, 3.8) is 0 Å². The van der Waals surface area contributed by atoms with E-state index in [4.69, 9.17) is 11.6 Å². The number of nitrogens with zero attached hydrogens (tertiary/aromatic N) is 2. The van der Waals surface area contributed by atoms with Gasteiger partial charge in [-0.2, -0.15) is 0 Å². The van der Waals surface area contributed by atoms with Gasteiger partial charge in [0.25, 0.3) is 10.0 Å². The largest absolute Gasteiger partial charge is 0.367 e. The van der Waals surface area contributed by atoms with Crippen molar-refractivity contribution in [3.8, 4) is 0 Å². The highest BCUT2D eigenvalue weighted by atomic mass is 35.5. The second kappa shape index (κ2) is 7.01. The summed E-state index contributed by atoms with van der Waals surface area (Å²) in [5.41, 5.74) is 1.46. The number of hydrogen-bond donors (Lipinski definition) is 1. The molecule has 1 saturated heterocycles. The molecule has 0 atom stereocenters. The number of benzene rings is 2. The van der Waals surface area contributed by atoms with Crippen molar-refractivity contribution in [1.82, 2.24) is 4.90 Å². The van der Waals surface area contributed by atoms with Crippen LogP contribution in [0.15, 0.2) is 53.4 Å². The zero-order chi connectivity index (χ0) is 17.2. The number of halogens is 1. The van der Waals surface area contributed by atoms with E-state index in [0.717, 1.165) is 31.9 Å². The lowest BCUT2D eigenvalue weighted by atomic mass is 10.2. The van der Waals surface area contributed by atoms with Crippen molar-refractivity contribution in [2.75, 3.05) is 42.8 Å². The zero-order valence-electron chi connectivity index (χ0n) is 13.4. The third kappa shape index (κ3) is 3.66. The third-order valence-corrected chi connectivity index (χ3v) is 5.98. The van der Waals surface area contributed by atoms with E-state index in [1.807, 2.05) is 18.2 Å². The van der Waals surface area contributed by atoms with Crippen LogP contribution in [0.5, 0.6) is 0 Å². The first kappa shape index (κ1) is 17.1. The topological polar surface area (TPSA) is 52.6 Å². The van der Waals surface area contributed by atoms with Crippen LogP contribution in [0.25, 0.3) is 0 Å². The van der Waals surface area contributed by atoms with Crippen LogP contribution in [0.2, 0.25) is 5.02 Å². The molecule has 0 aliphatic carbocycles. The van der Waals surface area contributed by atoms with Gasteiger partial charge in [-0.05, 0) is 31.3 Å². The van der Waals surface area contributed by atoms with Crippen LogP contribution in [0.4, 0.5) is 11.4 Å². The van der Waals surface area contributed by atoms with Crippen molar-refractivity contribution in [2.24, 2.45) is 0 Å². The lowest BCUT2D eigenvalue weighted by Crippen LogP contribution is -2.44. The van der Waals surface area contributed by atoms with Gasteiger partial charge in [-0.25, -0.2) is 8.42 Å². The Balaban J connectivity index is 1.89. The fourth-order valence-corrected chi connectivity index (χ4v) is 4.34. The summed E-state index contributed by atoms with van der Waals surface area (Å²) in [5, 5.41) is 0.210. The molecule has 0 spiro atoms. The molecule has 0 amide bonds. The van der Waals surface area contributed by atoms with E-state index >= 15 is 0 Å². The van der Waals surface area contributed by atoms with E-state index in [9.17, 15) is 8.42 Å². The highest BCUT2D eigenvalue weighted by molar-refractivity contribution is 7.92. The Kier molecular flexibility index (Phi) is 4.99. The zero-order valence-corrected chi connectivity index (χ0v) is 15.0. The van der Waals surface area contributed by atoms with E-state index in [0.29, 0.717) is 5.69 Å². The van der Waals surface area contributed by atoms with Gasteiger partial charge in [-0.1, -0.05) is 35.9 Å². The standard InChI is InChI=1S/C17H20ClN3O2S/c1-20-10-12-21(13-11-20)16-8-4-3-7-15(16)19-24(22,23)17-9-5-2-6-14(17)18/h2-9,19H,10-13H2,1H3. The summed E-state index contributed by atoms with van der Waals surface area (Å²) in [7, 11) is -1.65. The Morgan fingerprint density at radius 3 is 2.29 bits per heavy atom. The summed E-state index contributed by atoms with van der Waals surface area (Å²) in [4.78, 5) is 4.54. The molecule has 5 nitrogen and oxygen atoms in total. The van der Waals surface area contributed by atoms with Crippen LogP contribution in [0.1, 0.15) is 0 Å². The highest BCUT2D eigenvalue weighted by Gasteiger charge is 2.22. The van der Waals surface area contributed by atoms with Gasteiger partial charge in [-0.3, -0.25) is 4.72 Å². The van der Waals surface area contributed by atoms with Gasteiger partial charge in [0.1, 0.15) is 4.90 Å². The average molecular weight is 366 g/mol. The minimum atomic E-state index is -3.73. The third-order valence-electron chi connectivity index (χ3n) is 4.12. The first-order chi connectivity index (χ1) is 11.5. The van der Waals surface area contributed by atoms with Crippen molar-refractivity contribution < 1.29 is 8.42 Å². The average Bonchev–Trinajstić information content (AvgIpc) is 2.56. The van der Waals surface area contributed by atoms with Gasteiger partial charge in [0, 0.05) is 26.2 Å². The first-order valence-electron chi connectivity index (χ1n) is 7.77. The summed E-state index contributed by atoms with van der Waals surface area (Å²) in [6, 6.07) is 13.9. The van der Waals surface area contributed by atoms with Crippen molar-refractivity contribution in [2.45, 2.75) is 4.90 Å². The van der Waals surface area contributed by atoms with Crippen molar-refractivity contribution in [3.05, 3.63) is 53.6 Å². The molecule has 0 radical (unpaired) electrons. The van der Waals surface area contributed by atoms with Gasteiger partial charge in [0.15, 0.2) is 0 Å². The Morgan fingerprint density at radius 2 is 1.58 bits per heavy atom. The molecule has 24 heavy (non-hydrogen) atoms. The molecule has 0 saturated carbocycles. The Labute approximate surface area is 147 Å². The quantitative estimate of drug-likeness (QED) is 0.905. The molecule has 2 aromatic carbocycles. The first-order valence-corrected chi connectivity index (χ1v) is 9.63. The summed E-state index contributed by atoms with van der Waals surface area (Å²) in [5.74, 6) is 0. The molecule has 0 aromatic heterocycles. The van der Waals surface area contributed by atoms with Gasteiger partial charge < -0.3 is 9.80 Å². The lowest BCUT2D eigenvalue weighted by Gasteiger charge is -2.35. The van der Waals surface area contributed by atoms with Gasteiger partial charge in [-0.15, -0.1) is 0 Å². The summed E-state index contributed by atoms with van der Waals surface area (Å²) >= 11 is 6.04. The molecule has 0 bridgehead atoms. The number of anilines is 2. The predicted octanol–water partition coefficient (Wildman–Crippen LogP) is 2.89. The van der Waals surface area contributed by atoms with Crippen LogP contribution in [-0.4, -0.2) is 46.5 Å². The molecule has 1 N–H and O–H groups in total. The van der Waals surface area contributed by atoms with E-state index in [-0.39, 0.29) is 9.92 Å². The van der Waals surface area contributed by atoms with E-state index in [1.54, 1.807) is 24.3 Å². The maximum Gasteiger partial charge on any atom is 0.263 e. The highest BCUT2D eigenvalue weighted by Crippen LogP contribution is 2.30. The number of hydrogen-bond acceptors (Lipinski definition) is 4. The van der Waals surface area contributed by atoms with Crippen LogP contribution in [-0.2, 0) is 10.0 Å². The van der Waals surface area contributed by atoms with E-state index in [2.05, 4.69) is 21.6 Å². The number of likely N-dealkylation sites (N-methyl/N-ethyl adjacent to an activating group) is 1. The smallest absolute Gasteiger partial charge is 0.263 e. The molecule has 1 heterocycles. The fourth-order valence-electron chi connectivity index (χ4n) is 2.75. The van der Waals surface area contributed by atoms with Gasteiger partial charge in [0.05, 0.1) is 16.4 Å². The summed E-state index contributed by atoms with van der Waals surface area (Å²) in [6.45, 7) is 3.62. The predicted molar refractivity (Wildman–Crippen MR) is 98.4 cm³/mol. The Hall–Kier alpha value is -1.76. The minimum Gasteiger partial charge on any atom is -0.367 e. The van der Waals surface area contributed by atoms with Crippen molar-refractivity contribution in [1.29, 1.82) is 0 Å². The number of rotatable bonds is 4. The molecule has 7 heteroatoms. The number of piperazine rings is 1. The SMILES string of the molecule is CN1CCN(c2ccccc2NS(=O)(=O)c2ccccc2Cl)CC1. The molecule has 0 unspecified atom stereocenters. The summed E-state index contributed by atoms with van der Waals surface area (Å²) in [6.07, 6.45) is 0. The van der Waals surface area contributed by atoms with E-state index < -0.39 is 10.0 Å². The van der Waals surface area contributed by atoms with Crippen molar-refractivity contribution >= 4 is 33.0 Å². The molecule has 1 fully saturated rings. The second-order valence-electron chi connectivity index (χ2n) is 5.84. The van der Waals surface area contributed by atoms with Crippen LogP contribution >= 0.6 is 11.6 Å². The monoisotopic (exact) mass is 365 g/mol. The van der Waals surface area contributed by atoms with Crippen LogP contribution < -0.4 is 9.62 Å². The maximum absolute atomic E-state index is 12.7. The number of nitrogens with one attached hydrogen (secondary N) is 1. The minimum absolute atomic E-state index is 0.0832. The Morgan fingerprint density at radius 1 is 0.958 bits per heavy atom. The lowest BCUT2D eigenvalue weighted by molar-refractivity contribution is 0.313. The van der Waals surface area contributed by atoms with Crippen LogP contribution in [0.3, 0.4) is 0 Å². The summed E-state index contributed by atoms with van der Waals surface area (Å²) < 4.78 is 28.1. The number of sulfonamides is 1. The molecular weight excluding hydrogens is 346 g/mol.